The number of ketones is 1. The van der Waals surface area contributed by atoms with E-state index in [9.17, 15) is 22.6 Å². The molecule has 0 atom stereocenters. The number of carbonyl (C=O) groups is 2. The van der Waals surface area contributed by atoms with Gasteiger partial charge in [-0.1, -0.05) is 26.0 Å². The summed E-state index contributed by atoms with van der Waals surface area (Å²) in [5, 5.41) is 2.53. The average molecular weight is 526 g/mol. The maximum atomic E-state index is 11.6. The molecule has 0 aliphatic rings. The number of nitrogens with one attached hydrogen (secondary N) is 1. The van der Waals surface area contributed by atoms with Gasteiger partial charge in [0.05, 0.1) is 4.90 Å². The zero-order valence-electron chi connectivity index (χ0n) is 19.3. The summed E-state index contributed by atoms with van der Waals surface area (Å²) in [4.78, 5) is 22.5. The Balaban J connectivity index is 0. The van der Waals surface area contributed by atoms with Crippen LogP contribution in [0.5, 0.6) is 0 Å². The fourth-order valence-electron chi connectivity index (χ4n) is 2.43. The third kappa shape index (κ3) is 13.7. The van der Waals surface area contributed by atoms with E-state index in [-0.39, 0.29) is 88.5 Å². The molecule has 0 fully saturated rings. The summed E-state index contributed by atoms with van der Waals surface area (Å²) in [5.41, 5.74) is 1.98. The number of carbonyl (C=O) groups excluding carboxylic acids is 2. The van der Waals surface area contributed by atoms with Crippen LogP contribution in [0, 0.1) is 6.07 Å². The summed E-state index contributed by atoms with van der Waals surface area (Å²) in [7, 11) is -7.84. The Morgan fingerprint density at radius 3 is 2.12 bits per heavy atom. The van der Waals surface area contributed by atoms with Crippen LogP contribution < -0.4 is 64.4 Å². The van der Waals surface area contributed by atoms with E-state index in [4.69, 9.17) is 12.6 Å². The van der Waals surface area contributed by atoms with Gasteiger partial charge in [0.2, 0.25) is 5.91 Å². The van der Waals surface area contributed by atoms with Gasteiger partial charge in [-0.3, -0.25) is 4.79 Å². The van der Waals surface area contributed by atoms with E-state index in [0.29, 0.717) is 18.4 Å². The van der Waals surface area contributed by atoms with Gasteiger partial charge in [0.1, 0.15) is 15.9 Å². The van der Waals surface area contributed by atoms with Crippen LogP contribution in [0.15, 0.2) is 41.3 Å². The SMILES string of the molecule is CCC(=O)Cc1c[c-]c(/C=C/c2ccc(NC(=O)CC)cc2S(=O)(=O)[O-])cc1.O=S(=O)=O.[Na+].[Na+]. The second-order valence-electron chi connectivity index (χ2n) is 6.37. The van der Waals surface area contributed by atoms with Gasteiger partial charge < -0.3 is 14.7 Å². The van der Waals surface area contributed by atoms with Crippen molar-refractivity contribution in [2.45, 2.75) is 38.0 Å². The third-order valence-electron chi connectivity index (χ3n) is 4.03. The maximum absolute atomic E-state index is 11.6. The third-order valence-corrected chi connectivity index (χ3v) is 4.92. The van der Waals surface area contributed by atoms with E-state index in [1.807, 2.05) is 6.92 Å². The van der Waals surface area contributed by atoms with Crippen molar-refractivity contribution in [2.75, 3.05) is 5.32 Å². The molecule has 2 rings (SSSR count). The molecule has 0 radical (unpaired) electrons. The van der Waals surface area contributed by atoms with Crippen LogP contribution in [0.1, 0.15) is 43.4 Å². The molecule has 0 aliphatic carbocycles. The van der Waals surface area contributed by atoms with Crippen LogP contribution in [0.4, 0.5) is 5.69 Å². The summed E-state index contributed by atoms with van der Waals surface area (Å²) in [6.07, 6.45) is 4.18. The van der Waals surface area contributed by atoms with Crippen LogP contribution in [0.3, 0.4) is 0 Å². The quantitative estimate of drug-likeness (QED) is 0.161. The Hall–Kier alpha value is -1.15. The number of hydrogen-bond acceptors (Lipinski definition) is 8. The molecule has 1 N–H and O–H groups in total. The smallest absolute Gasteiger partial charge is 0.744 e. The maximum Gasteiger partial charge on any atom is 1.00 e. The molecule has 172 valence electrons. The Labute approximate surface area is 244 Å². The van der Waals surface area contributed by atoms with Crippen LogP contribution in [0.2, 0.25) is 0 Å². The van der Waals surface area contributed by atoms with E-state index >= 15 is 0 Å². The number of hydrogen-bond donors (Lipinski definition) is 1. The molecule has 2 aromatic rings. The first-order valence-electron chi connectivity index (χ1n) is 9.33. The van der Waals surface area contributed by atoms with Crippen molar-refractivity contribution in [3.05, 3.63) is 59.2 Å². The molecule has 1 amide bonds. The standard InChI is InChI=1S/C21H22NO5S.2Na.O3S/c1-3-19(23)13-16-7-5-15(6-8-16)9-10-17-11-12-18(22-21(24)4-2)14-20(17)28(25,26)27;;;1-4(2)3/h5,7-12,14H,3-4,13H2,1-2H3,(H,22,24)(H,25,26,27);;;/q-1;2*+1;/p-1/b10-9+;;;. The molecule has 0 saturated heterocycles. The summed E-state index contributed by atoms with van der Waals surface area (Å²) in [6, 6.07) is 12.4. The minimum atomic E-state index is -4.73. The van der Waals surface area contributed by atoms with Gasteiger partial charge in [0, 0.05) is 18.5 Å². The van der Waals surface area contributed by atoms with Crippen LogP contribution in [-0.4, -0.2) is 37.3 Å². The van der Waals surface area contributed by atoms with E-state index in [0.717, 1.165) is 11.6 Å². The molecule has 0 bridgehead atoms. The first kappa shape index (κ1) is 35.0. The van der Waals surface area contributed by atoms with E-state index < -0.39 is 25.6 Å². The zero-order chi connectivity index (χ0) is 24.3. The molecule has 0 spiro atoms. The first-order chi connectivity index (χ1) is 15.0. The number of amides is 1. The summed E-state index contributed by atoms with van der Waals surface area (Å²) in [5.74, 6) is -0.147. The van der Waals surface area contributed by atoms with Crippen molar-refractivity contribution in [2.24, 2.45) is 0 Å². The summed E-state index contributed by atoms with van der Waals surface area (Å²) < 4.78 is 60.2. The van der Waals surface area contributed by atoms with Gasteiger partial charge in [-0.2, -0.15) is 5.56 Å². The van der Waals surface area contributed by atoms with Gasteiger partial charge >= 0.3 is 69.7 Å². The fourth-order valence-corrected chi connectivity index (χ4v) is 3.13. The predicted molar refractivity (Wildman–Crippen MR) is 116 cm³/mol. The van der Waals surface area contributed by atoms with Crippen molar-refractivity contribution in [3.63, 3.8) is 0 Å². The molecule has 0 saturated carbocycles. The van der Waals surface area contributed by atoms with Gasteiger partial charge in [0.15, 0.2) is 0 Å². The van der Waals surface area contributed by atoms with Gasteiger partial charge in [-0.25, -0.2) is 8.42 Å². The van der Waals surface area contributed by atoms with Crippen molar-refractivity contribution in [1.29, 1.82) is 0 Å². The van der Waals surface area contributed by atoms with Crippen molar-refractivity contribution in [3.8, 4) is 0 Å². The van der Waals surface area contributed by atoms with Crippen LogP contribution >= 0.6 is 0 Å². The Morgan fingerprint density at radius 1 is 1.03 bits per heavy atom. The van der Waals surface area contributed by atoms with Crippen molar-refractivity contribution < 1.29 is 94.3 Å². The summed E-state index contributed by atoms with van der Waals surface area (Å²) >= 11 is 0. The van der Waals surface area contributed by atoms with E-state index in [1.165, 1.54) is 18.2 Å². The molecule has 0 heterocycles. The predicted octanol–water partition coefficient (Wildman–Crippen LogP) is -3.56. The van der Waals surface area contributed by atoms with Gasteiger partial charge in [-0.05, 0) is 24.1 Å². The number of anilines is 1. The van der Waals surface area contributed by atoms with E-state index in [2.05, 4.69) is 11.4 Å². The van der Waals surface area contributed by atoms with Crippen molar-refractivity contribution >= 4 is 50.3 Å². The second kappa shape index (κ2) is 17.3. The number of benzene rings is 2. The molecule has 34 heavy (non-hydrogen) atoms. The number of Topliss-reactive ketones (excluding diaryl/α,β-unsaturated/α-hetero) is 1. The number of rotatable bonds is 8. The Bertz CT molecular complexity index is 1200. The van der Waals surface area contributed by atoms with Crippen LogP contribution in [-0.2, 0) is 36.7 Å². The van der Waals surface area contributed by atoms with Gasteiger partial charge in [0.25, 0.3) is 0 Å². The molecular formula is C21H21NNa2O8S2. The van der Waals surface area contributed by atoms with Crippen LogP contribution in [0.25, 0.3) is 12.2 Å². The molecule has 0 aliphatic heterocycles. The Morgan fingerprint density at radius 2 is 1.65 bits per heavy atom. The van der Waals surface area contributed by atoms with E-state index in [1.54, 1.807) is 31.2 Å². The second-order valence-corrected chi connectivity index (χ2v) is 8.12. The molecule has 0 unspecified atom stereocenters. The fraction of sp³-hybridized carbons (Fsp3) is 0.238. The first-order valence-corrected chi connectivity index (χ1v) is 11.7. The summed E-state index contributed by atoms with van der Waals surface area (Å²) in [6.45, 7) is 3.47. The minimum Gasteiger partial charge on any atom is -0.744 e. The molecule has 13 heteroatoms. The van der Waals surface area contributed by atoms with Crippen molar-refractivity contribution in [1.82, 2.24) is 0 Å². The largest absolute Gasteiger partial charge is 1.00 e. The minimum absolute atomic E-state index is 0. The van der Waals surface area contributed by atoms with Gasteiger partial charge in [-0.15, -0.1) is 48.5 Å². The topological polar surface area (TPSA) is 155 Å². The monoisotopic (exact) mass is 525 g/mol. The zero-order valence-corrected chi connectivity index (χ0v) is 25.0. The molecule has 2 aromatic carbocycles. The average Bonchev–Trinajstić information content (AvgIpc) is 2.72. The Kier molecular flexibility index (Phi) is 17.8. The molecular weight excluding hydrogens is 504 g/mol. The molecule has 0 aromatic heterocycles. The molecule has 9 nitrogen and oxygen atoms in total. The normalized spacial score (nSPS) is 10.2.